The van der Waals surface area contributed by atoms with Crippen LogP contribution >= 0.6 is 0 Å². The number of aldehydes is 2. The van der Waals surface area contributed by atoms with Crippen molar-refractivity contribution < 1.29 is 19.3 Å². The van der Waals surface area contributed by atoms with Gasteiger partial charge in [-0.05, 0) is 36.7 Å². The van der Waals surface area contributed by atoms with Gasteiger partial charge in [-0.1, -0.05) is 31.7 Å². The highest BCUT2D eigenvalue weighted by atomic mass is 16.2. The van der Waals surface area contributed by atoms with Gasteiger partial charge in [0.25, 0.3) is 0 Å². The molecule has 0 atom stereocenters. The highest BCUT2D eigenvalue weighted by Crippen LogP contribution is 1.79. The molecule has 2 rings (SSSR count). The maximum atomic E-state index is 11.8. The Morgan fingerprint density at radius 3 is 0.914 bits per heavy atom. The van der Waals surface area contributed by atoms with Crippen molar-refractivity contribution in [3.05, 3.63) is 145 Å². The molecular formula is C43H65N7O8. The Hall–Kier alpha value is -6.64. The lowest BCUT2D eigenvalue weighted by Gasteiger charge is -2.05. The first kappa shape index (κ1) is 58.1. The molecule has 0 saturated heterocycles. The summed E-state index contributed by atoms with van der Waals surface area (Å²) in [6.45, 7) is 0. The van der Waals surface area contributed by atoms with Crippen molar-refractivity contribution in [1.82, 2.24) is 29.4 Å². The van der Waals surface area contributed by atoms with Gasteiger partial charge in [0.15, 0.2) is 6.21 Å². The minimum absolute atomic E-state index is 0. The summed E-state index contributed by atoms with van der Waals surface area (Å²) < 4.78 is 2.00. The molecule has 0 N–H and O–H groups in total. The molecule has 0 bridgehead atoms. The summed E-state index contributed by atoms with van der Waals surface area (Å²) in [5, 5.41) is 9.86. The van der Waals surface area contributed by atoms with Gasteiger partial charge < -0.3 is 34.5 Å². The van der Waals surface area contributed by atoms with Gasteiger partial charge in [0.05, 0.1) is 20.9 Å². The number of carbonyl (C=O) groups excluding carboxylic acids is 2. The van der Waals surface area contributed by atoms with Gasteiger partial charge in [0.1, 0.15) is 26.7 Å². The van der Waals surface area contributed by atoms with Crippen LogP contribution in [0.2, 0.25) is 0 Å². The quantitative estimate of drug-likeness (QED) is 0.0410. The van der Waals surface area contributed by atoms with Crippen molar-refractivity contribution in [1.29, 1.82) is 0 Å². The van der Waals surface area contributed by atoms with Crippen molar-refractivity contribution in [3.8, 4) is 0 Å². The molecule has 15 heteroatoms. The summed E-state index contributed by atoms with van der Waals surface area (Å²) in [6.07, 6.45) is 28.5. The fourth-order valence-electron chi connectivity index (χ4n) is 3.53. The second-order valence-corrected chi connectivity index (χ2v) is 13.1. The van der Waals surface area contributed by atoms with E-state index in [0.29, 0.717) is 12.5 Å². The molecule has 15 nitrogen and oxygen atoms in total. The number of rotatable bonds is 12. The number of nitrogens with zero attached hydrogens (tertiary/aromatic N) is 7. The summed E-state index contributed by atoms with van der Waals surface area (Å²) in [5.74, 6) is 0. The van der Waals surface area contributed by atoms with Crippen molar-refractivity contribution in [2.45, 2.75) is 7.43 Å². The Morgan fingerprint density at radius 2 is 0.672 bits per heavy atom. The minimum atomic E-state index is -0.730. The first-order chi connectivity index (χ1) is 26.6. The van der Waals surface area contributed by atoms with Crippen LogP contribution in [0.4, 0.5) is 0 Å². The number of allylic oxidation sites excluding steroid dienone is 9. The van der Waals surface area contributed by atoms with Crippen LogP contribution in [0.25, 0.3) is 24.8 Å². The van der Waals surface area contributed by atoms with Crippen molar-refractivity contribution >= 4 is 43.6 Å². The van der Waals surface area contributed by atoms with Crippen LogP contribution in [0, 0.1) is 0 Å². The topological polar surface area (TPSA) is 165 Å². The summed E-state index contributed by atoms with van der Waals surface area (Å²) in [5.41, 5.74) is -2.30. The van der Waals surface area contributed by atoms with E-state index in [9.17, 15) is 38.7 Å². The monoisotopic (exact) mass is 807 g/mol. The molecule has 0 unspecified atom stereocenters. The van der Waals surface area contributed by atoms with Crippen LogP contribution < -0.4 is 53.1 Å². The van der Waals surface area contributed by atoms with Gasteiger partial charge in [-0.2, -0.15) is 0 Å². The van der Waals surface area contributed by atoms with Crippen LogP contribution in [-0.2, 0) is 9.59 Å². The Bertz CT molecular complexity index is 2060. The third-order valence-electron chi connectivity index (χ3n) is 5.77. The predicted octanol–water partition coefficient (Wildman–Crippen LogP) is -2.85. The first-order valence-electron chi connectivity index (χ1n) is 17.2. The van der Waals surface area contributed by atoms with E-state index < -0.39 is 16.3 Å². The molecule has 320 valence electrons. The third kappa shape index (κ3) is 28.8. The second kappa shape index (κ2) is 33.7. The minimum Gasteiger partial charge on any atom is -0.878 e. The molecule has 2 aromatic carbocycles. The average Bonchev–Trinajstić information content (AvgIpc) is 3.30. The van der Waals surface area contributed by atoms with E-state index in [4.69, 9.17) is 0 Å². The molecule has 2 aromatic rings. The summed E-state index contributed by atoms with van der Waals surface area (Å²) in [4.78, 5) is 87.3. The molecule has 0 radical (unpaired) electrons. The molecule has 0 aliphatic heterocycles. The van der Waals surface area contributed by atoms with Gasteiger partial charge in [0.2, 0.25) is 27.1 Å². The van der Waals surface area contributed by atoms with E-state index in [1.54, 1.807) is 101 Å². The smallest absolute Gasteiger partial charge is 0.239 e. The number of hydrogen-bond donors (Lipinski definition) is 0. The lowest BCUT2D eigenvalue weighted by Crippen LogP contribution is -2.65. The zero-order valence-electron chi connectivity index (χ0n) is 35.9. The standard InChI is InChI=1S/C11H14N2O3.C10H14N2O2.C9H17N2.C7H11NO.C5H6O2.CH4/c1-12(2)5-7-9(14)8(6-13(3)4)11(16)10(7)15;1-11(2)5-7-9(13)8(10(7)14)6-12(3)4;1-10(2)8-6-5-7-9-11(3)4;1-8(2)6-4-3-5-7-9;6-4-2-1-3-5-7;/h5-6H,1-4H3;5-6H,1-4H3;5-9H,1-4H3;3-7H,1-2H3;1-6H;1H4/q;;+1;;;/p-1/b7-5-,8-6?;;;5-3+,6-4+;3-1+,4-2+;. The van der Waals surface area contributed by atoms with E-state index in [0.717, 1.165) is 6.29 Å². The van der Waals surface area contributed by atoms with Crippen LogP contribution in [-0.4, -0.2) is 151 Å². The molecular weight excluding hydrogens is 743 g/mol. The second-order valence-electron chi connectivity index (χ2n) is 13.1. The molecule has 0 aromatic heterocycles. The van der Waals surface area contributed by atoms with Crippen LogP contribution in [0.1, 0.15) is 7.43 Å². The van der Waals surface area contributed by atoms with Gasteiger partial charge in [-0.3, -0.25) is 33.6 Å². The van der Waals surface area contributed by atoms with Crippen molar-refractivity contribution in [2.75, 3.05) is 98.7 Å². The third-order valence-corrected chi connectivity index (χ3v) is 5.77. The van der Waals surface area contributed by atoms with E-state index in [2.05, 4.69) is 0 Å². The molecule has 0 fully saturated rings. The van der Waals surface area contributed by atoms with Crippen LogP contribution in [0.15, 0.2) is 97.3 Å². The summed E-state index contributed by atoms with van der Waals surface area (Å²) in [6, 6.07) is 0. The van der Waals surface area contributed by atoms with Gasteiger partial charge >= 0.3 is 0 Å². The molecule has 0 aliphatic carbocycles. The van der Waals surface area contributed by atoms with Crippen molar-refractivity contribution in [3.63, 3.8) is 0 Å². The van der Waals surface area contributed by atoms with Gasteiger partial charge in [-0.25, -0.2) is 4.58 Å². The van der Waals surface area contributed by atoms with Crippen LogP contribution in [0.5, 0.6) is 0 Å². The van der Waals surface area contributed by atoms with E-state index >= 15 is 0 Å². The lowest BCUT2D eigenvalue weighted by molar-refractivity contribution is -0.458. The fraction of sp³-hybridized carbons (Fsp3) is 0.349. The lowest BCUT2D eigenvalue weighted by atomic mass is 10.2. The maximum Gasteiger partial charge on any atom is 0.239 e. The molecule has 0 saturated carbocycles. The molecule has 0 heterocycles. The summed E-state index contributed by atoms with van der Waals surface area (Å²) >= 11 is 0. The number of hydrogen-bond acceptors (Lipinski definition) is 14. The molecule has 58 heavy (non-hydrogen) atoms. The average molecular weight is 808 g/mol. The summed E-state index contributed by atoms with van der Waals surface area (Å²) in [7, 11) is 25.7. The zero-order valence-corrected chi connectivity index (χ0v) is 35.9. The van der Waals surface area contributed by atoms with E-state index in [-0.39, 0.29) is 39.2 Å². The Kier molecular flexibility index (Phi) is 33.7. The highest BCUT2D eigenvalue weighted by Gasteiger charge is 2.09. The molecule has 0 spiro atoms. The largest absolute Gasteiger partial charge is 0.878 e. The van der Waals surface area contributed by atoms with Gasteiger partial charge in [-0.15, -0.1) is 6.26 Å². The number of carbonyl (C=O) groups is 2. The van der Waals surface area contributed by atoms with E-state index in [1.165, 1.54) is 36.7 Å². The molecule has 0 amide bonds. The van der Waals surface area contributed by atoms with Crippen LogP contribution in [0.3, 0.4) is 0 Å². The normalized spacial score (nSPS) is 11.1. The molecule has 0 aliphatic rings. The van der Waals surface area contributed by atoms with E-state index in [1.807, 2.05) is 93.5 Å². The first-order valence-corrected chi connectivity index (χ1v) is 17.2. The predicted molar refractivity (Wildman–Crippen MR) is 239 cm³/mol. The Labute approximate surface area is 343 Å². The fourth-order valence-corrected chi connectivity index (χ4v) is 3.53. The van der Waals surface area contributed by atoms with Crippen molar-refractivity contribution in [2.24, 2.45) is 0 Å². The zero-order chi connectivity index (χ0) is 44.7. The highest BCUT2D eigenvalue weighted by molar-refractivity contribution is 5.66. The Balaban J connectivity index is -0.000000322. The SMILES string of the molecule is C.CN(C)/C=C/C=C/C=O.CN(C)/C=C/C=C/C=[N+](C)C.CN(C)C=c1c(=O)c(=CN(C)C)c1=O.CN(C)C=c1c(=O)c(=O)/c(=C\N(C)C)c1=O.O=C/C=C/C=C/[O-]. The maximum absolute atomic E-state index is 11.8. The Morgan fingerprint density at radius 1 is 0.397 bits per heavy atom. The van der Waals surface area contributed by atoms with Gasteiger partial charge in [0, 0.05) is 115 Å².